The van der Waals surface area contributed by atoms with Crippen LogP contribution in [-0.2, 0) is 13.5 Å². The van der Waals surface area contributed by atoms with Crippen molar-refractivity contribution in [1.82, 2.24) is 19.7 Å². The molecule has 0 radical (unpaired) electrons. The Morgan fingerprint density at radius 2 is 2.07 bits per heavy atom. The Morgan fingerprint density at radius 3 is 2.83 bits per heavy atom. The maximum atomic E-state index is 13.0. The van der Waals surface area contributed by atoms with Gasteiger partial charge in [0.2, 0.25) is 0 Å². The van der Waals surface area contributed by atoms with Gasteiger partial charge in [0.15, 0.2) is 5.82 Å². The standard InChI is InChI=1S/C21H25N7O/c1-15-11-16(7-8-22-15)12-17-5-6-19-20(24-17)28(10-4-9-26(19)2)21(29)25-18-13-23-27(3)14-18/h5-8,11,13-14H,4,9-10,12H2,1-3H3,(H,25,29). The molecule has 8 heteroatoms. The van der Waals surface area contributed by atoms with E-state index in [1.165, 1.54) is 0 Å². The van der Waals surface area contributed by atoms with Crippen LogP contribution in [-0.4, -0.2) is 45.9 Å². The van der Waals surface area contributed by atoms with Gasteiger partial charge >= 0.3 is 6.03 Å². The lowest BCUT2D eigenvalue weighted by molar-refractivity contribution is 0.257. The third-order valence-corrected chi connectivity index (χ3v) is 5.00. The first kappa shape index (κ1) is 18.9. The molecule has 3 aromatic rings. The number of pyridine rings is 2. The molecule has 0 bridgehead atoms. The quantitative estimate of drug-likeness (QED) is 0.743. The van der Waals surface area contributed by atoms with E-state index in [1.807, 2.05) is 39.3 Å². The van der Waals surface area contributed by atoms with Gasteiger partial charge in [-0.05, 0) is 43.2 Å². The first-order chi connectivity index (χ1) is 14.0. The molecule has 3 aromatic heterocycles. The fourth-order valence-electron chi connectivity index (χ4n) is 3.57. The summed E-state index contributed by atoms with van der Waals surface area (Å²) in [6.07, 6.45) is 6.79. The number of hydrogen-bond acceptors (Lipinski definition) is 5. The normalized spacial score (nSPS) is 13.8. The van der Waals surface area contributed by atoms with E-state index in [2.05, 4.69) is 32.4 Å². The molecule has 0 saturated carbocycles. The zero-order valence-electron chi connectivity index (χ0n) is 17.0. The van der Waals surface area contributed by atoms with Crippen molar-refractivity contribution in [3.63, 3.8) is 0 Å². The maximum absolute atomic E-state index is 13.0. The van der Waals surface area contributed by atoms with Crippen LogP contribution in [0.2, 0.25) is 0 Å². The third kappa shape index (κ3) is 4.21. The van der Waals surface area contributed by atoms with Gasteiger partial charge in [0, 0.05) is 57.4 Å². The zero-order valence-corrected chi connectivity index (χ0v) is 17.0. The molecule has 4 rings (SSSR count). The number of hydrogen-bond donors (Lipinski definition) is 1. The number of carbonyl (C=O) groups is 1. The van der Waals surface area contributed by atoms with Gasteiger partial charge in [-0.3, -0.25) is 14.6 Å². The molecule has 0 spiro atoms. The van der Waals surface area contributed by atoms with Crippen LogP contribution in [0.5, 0.6) is 0 Å². The Labute approximate surface area is 170 Å². The molecule has 1 N–H and O–H groups in total. The summed E-state index contributed by atoms with van der Waals surface area (Å²) in [4.78, 5) is 26.0. The number of aromatic nitrogens is 4. The number of anilines is 3. The number of amides is 2. The fraction of sp³-hybridized carbons (Fsp3) is 0.333. The number of aryl methyl sites for hydroxylation is 2. The van der Waals surface area contributed by atoms with E-state index >= 15 is 0 Å². The number of nitrogens with zero attached hydrogens (tertiary/aromatic N) is 6. The van der Waals surface area contributed by atoms with E-state index < -0.39 is 0 Å². The molecule has 0 fully saturated rings. The second-order valence-electron chi connectivity index (χ2n) is 7.39. The monoisotopic (exact) mass is 391 g/mol. The topological polar surface area (TPSA) is 79.2 Å². The summed E-state index contributed by atoms with van der Waals surface area (Å²) in [5.74, 6) is 0.690. The maximum Gasteiger partial charge on any atom is 0.327 e. The zero-order chi connectivity index (χ0) is 20.4. The predicted molar refractivity (Wildman–Crippen MR) is 113 cm³/mol. The van der Waals surface area contributed by atoms with Gasteiger partial charge in [-0.2, -0.15) is 5.10 Å². The third-order valence-electron chi connectivity index (χ3n) is 5.00. The number of fused-ring (bicyclic) bond motifs is 1. The van der Waals surface area contributed by atoms with Crippen molar-refractivity contribution >= 4 is 23.2 Å². The van der Waals surface area contributed by atoms with Gasteiger partial charge < -0.3 is 10.2 Å². The summed E-state index contributed by atoms with van der Waals surface area (Å²) in [5, 5.41) is 7.04. The highest BCUT2D eigenvalue weighted by atomic mass is 16.2. The van der Waals surface area contributed by atoms with Crippen LogP contribution in [0, 0.1) is 6.92 Å². The Morgan fingerprint density at radius 1 is 1.21 bits per heavy atom. The molecule has 1 aliphatic rings. The van der Waals surface area contributed by atoms with Crippen molar-refractivity contribution in [3.05, 3.63) is 59.8 Å². The van der Waals surface area contributed by atoms with Crippen LogP contribution in [0.3, 0.4) is 0 Å². The summed E-state index contributed by atoms with van der Waals surface area (Å²) in [5.41, 5.74) is 4.68. The molecule has 150 valence electrons. The van der Waals surface area contributed by atoms with Gasteiger partial charge in [-0.15, -0.1) is 0 Å². The van der Waals surface area contributed by atoms with Gasteiger partial charge in [0.1, 0.15) is 0 Å². The first-order valence-electron chi connectivity index (χ1n) is 9.69. The van der Waals surface area contributed by atoms with Crippen molar-refractivity contribution in [2.75, 3.05) is 35.3 Å². The fourth-order valence-corrected chi connectivity index (χ4v) is 3.57. The summed E-state index contributed by atoms with van der Waals surface area (Å²) in [7, 11) is 3.86. The summed E-state index contributed by atoms with van der Waals surface area (Å²) < 4.78 is 1.66. The second kappa shape index (κ2) is 7.90. The van der Waals surface area contributed by atoms with E-state index in [1.54, 1.807) is 22.0 Å². The summed E-state index contributed by atoms with van der Waals surface area (Å²) in [6, 6.07) is 7.96. The number of urea groups is 1. The number of carbonyl (C=O) groups excluding carboxylic acids is 1. The Hall–Kier alpha value is -3.42. The van der Waals surface area contributed by atoms with E-state index in [-0.39, 0.29) is 6.03 Å². The number of nitrogens with one attached hydrogen (secondary N) is 1. The van der Waals surface area contributed by atoms with Crippen LogP contribution in [0.4, 0.5) is 22.0 Å². The predicted octanol–water partition coefficient (Wildman–Crippen LogP) is 2.99. The Balaban J connectivity index is 1.64. The summed E-state index contributed by atoms with van der Waals surface area (Å²) in [6.45, 7) is 3.45. The van der Waals surface area contributed by atoms with Crippen molar-refractivity contribution in [2.45, 2.75) is 19.8 Å². The molecule has 0 unspecified atom stereocenters. The van der Waals surface area contributed by atoms with Crippen molar-refractivity contribution < 1.29 is 4.79 Å². The molecular formula is C21H25N7O. The molecule has 2 amide bonds. The van der Waals surface area contributed by atoms with E-state index in [0.29, 0.717) is 24.5 Å². The molecule has 0 atom stereocenters. The van der Waals surface area contributed by atoms with Gasteiger partial charge in [0.25, 0.3) is 0 Å². The Bertz CT molecular complexity index is 1030. The minimum atomic E-state index is -0.195. The average molecular weight is 391 g/mol. The highest BCUT2D eigenvalue weighted by Gasteiger charge is 2.25. The molecule has 4 heterocycles. The minimum Gasteiger partial charge on any atom is -0.372 e. The average Bonchev–Trinajstić information content (AvgIpc) is 3.01. The molecule has 0 saturated heterocycles. The largest absolute Gasteiger partial charge is 0.372 e. The van der Waals surface area contributed by atoms with Gasteiger partial charge in [-0.25, -0.2) is 9.78 Å². The first-order valence-corrected chi connectivity index (χ1v) is 9.69. The molecule has 29 heavy (non-hydrogen) atoms. The second-order valence-corrected chi connectivity index (χ2v) is 7.39. The van der Waals surface area contributed by atoms with Crippen LogP contribution in [0.15, 0.2) is 42.9 Å². The highest BCUT2D eigenvalue weighted by Crippen LogP contribution is 2.31. The lowest BCUT2D eigenvalue weighted by atomic mass is 10.1. The smallest absolute Gasteiger partial charge is 0.327 e. The van der Waals surface area contributed by atoms with Crippen LogP contribution >= 0.6 is 0 Å². The molecular weight excluding hydrogens is 366 g/mol. The Kier molecular flexibility index (Phi) is 5.16. The van der Waals surface area contributed by atoms with Gasteiger partial charge in [0.05, 0.1) is 17.6 Å². The molecule has 8 nitrogen and oxygen atoms in total. The van der Waals surface area contributed by atoms with Crippen molar-refractivity contribution in [2.24, 2.45) is 7.05 Å². The van der Waals surface area contributed by atoms with Crippen LogP contribution in [0.1, 0.15) is 23.4 Å². The van der Waals surface area contributed by atoms with Crippen molar-refractivity contribution in [1.29, 1.82) is 0 Å². The van der Waals surface area contributed by atoms with Crippen molar-refractivity contribution in [3.8, 4) is 0 Å². The van der Waals surface area contributed by atoms with Gasteiger partial charge in [-0.1, -0.05) is 0 Å². The van der Waals surface area contributed by atoms with E-state index in [9.17, 15) is 4.79 Å². The van der Waals surface area contributed by atoms with Crippen LogP contribution < -0.4 is 15.1 Å². The lowest BCUT2D eigenvalue weighted by Gasteiger charge is -2.24. The SMILES string of the molecule is Cc1cc(Cc2ccc3c(n2)N(C(=O)Nc2cnn(C)c2)CCCN3C)ccn1. The van der Waals surface area contributed by atoms with Crippen LogP contribution in [0.25, 0.3) is 0 Å². The number of rotatable bonds is 3. The highest BCUT2D eigenvalue weighted by molar-refractivity contribution is 6.03. The lowest BCUT2D eigenvalue weighted by Crippen LogP contribution is -2.36. The van der Waals surface area contributed by atoms with E-state index in [0.717, 1.165) is 35.6 Å². The molecule has 0 aromatic carbocycles. The molecule has 0 aliphatic carbocycles. The minimum absolute atomic E-state index is 0.195. The summed E-state index contributed by atoms with van der Waals surface area (Å²) >= 11 is 0. The molecule has 1 aliphatic heterocycles. The van der Waals surface area contributed by atoms with E-state index in [4.69, 9.17) is 4.98 Å².